The highest BCUT2D eigenvalue weighted by molar-refractivity contribution is 7.99. The first-order valence-electron chi connectivity index (χ1n) is 8.46. The Morgan fingerprint density at radius 2 is 1.96 bits per heavy atom. The molecule has 8 heteroatoms. The second-order valence-electron chi connectivity index (χ2n) is 6.42. The molecule has 4 rings (SSSR count). The van der Waals surface area contributed by atoms with Gasteiger partial charge in [0.05, 0.1) is 11.3 Å². The van der Waals surface area contributed by atoms with Gasteiger partial charge in [0.25, 0.3) is 0 Å². The van der Waals surface area contributed by atoms with Gasteiger partial charge >= 0.3 is 0 Å². The first-order chi connectivity index (χ1) is 12.1. The lowest BCUT2D eigenvalue weighted by Gasteiger charge is -2.49. The van der Waals surface area contributed by atoms with E-state index in [2.05, 4.69) is 21.1 Å². The fourth-order valence-corrected chi connectivity index (χ4v) is 5.28. The SMILES string of the molecule is CNC(=S)NNC(=O)[C@H]1C2CCN(CC2)[C@H]1SCc1ccc(Cl)cc1. The van der Waals surface area contributed by atoms with Gasteiger partial charge in [0.15, 0.2) is 5.11 Å². The Labute approximate surface area is 163 Å². The Morgan fingerprint density at radius 3 is 2.60 bits per heavy atom. The van der Waals surface area contributed by atoms with Crippen LogP contribution in [0.3, 0.4) is 0 Å². The average molecular weight is 399 g/mol. The van der Waals surface area contributed by atoms with Gasteiger partial charge in [-0.05, 0) is 61.8 Å². The quantitative estimate of drug-likeness (QED) is 0.534. The molecule has 1 aromatic rings. The number of nitrogens with zero attached hydrogens (tertiary/aromatic N) is 1. The highest BCUT2D eigenvalue weighted by atomic mass is 35.5. The zero-order chi connectivity index (χ0) is 17.8. The van der Waals surface area contributed by atoms with E-state index in [-0.39, 0.29) is 17.2 Å². The van der Waals surface area contributed by atoms with E-state index in [1.807, 2.05) is 36.0 Å². The van der Waals surface area contributed by atoms with Crippen LogP contribution in [0, 0.1) is 11.8 Å². The molecule has 3 aliphatic heterocycles. The topological polar surface area (TPSA) is 56.4 Å². The van der Waals surface area contributed by atoms with Crippen LogP contribution in [-0.4, -0.2) is 41.4 Å². The Morgan fingerprint density at radius 1 is 1.28 bits per heavy atom. The second-order valence-corrected chi connectivity index (χ2v) is 8.37. The number of hydrazine groups is 1. The van der Waals surface area contributed by atoms with Crippen molar-refractivity contribution in [3.05, 3.63) is 34.9 Å². The van der Waals surface area contributed by atoms with Gasteiger partial charge in [-0.3, -0.25) is 20.5 Å². The fourth-order valence-electron chi connectivity index (χ4n) is 3.57. The van der Waals surface area contributed by atoms with Crippen LogP contribution in [0.4, 0.5) is 0 Å². The van der Waals surface area contributed by atoms with Crippen molar-refractivity contribution in [1.29, 1.82) is 0 Å². The van der Waals surface area contributed by atoms with Crippen molar-refractivity contribution in [2.45, 2.75) is 24.0 Å². The number of nitrogens with one attached hydrogen (secondary N) is 3. The number of hydrogen-bond donors (Lipinski definition) is 3. The maximum atomic E-state index is 12.8. The van der Waals surface area contributed by atoms with E-state index in [1.54, 1.807) is 7.05 Å². The van der Waals surface area contributed by atoms with E-state index < -0.39 is 0 Å². The lowest BCUT2D eigenvalue weighted by Crippen LogP contribution is -2.60. The molecule has 0 spiro atoms. The first-order valence-corrected chi connectivity index (χ1v) is 10.3. The van der Waals surface area contributed by atoms with Crippen molar-refractivity contribution >= 4 is 46.6 Å². The molecule has 3 aliphatic rings. The van der Waals surface area contributed by atoms with Crippen molar-refractivity contribution in [3.63, 3.8) is 0 Å². The summed E-state index contributed by atoms with van der Waals surface area (Å²) in [5.74, 6) is 1.32. The highest BCUT2D eigenvalue weighted by Crippen LogP contribution is 2.42. The lowest BCUT2D eigenvalue weighted by molar-refractivity contribution is -0.132. The van der Waals surface area contributed by atoms with Gasteiger partial charge in [-0.15, -0.1) is 11.8 Å². The van der Waals surface area contributed by atoms with Crippen LogP contribution in [0.25, 0.3) is 0 Å². The summed E-state index contributed by atoms with van der Waals surface area (Å²) in [6.45, 7) is 2.16. The maximum absolute atomic E-state index is 12.8. The highest BCUT2D eigenvalue weighted by Gasteiger charge is 2.46. The van der Waals surface area contributed by atoms with Crippen LogP contribution >= 0.6 is 35.6 Å². The van der Waals surface area contributed by atoms with Crippen LogP contribution < -0.4 is 16.2 Å². The first kappa shape index (κ1) is 18.8. The number of amides is 1. The van der Waals surface area contributed by atoms with E-state index in [1.165, 1.54) is 5.56 Å². The Balaban J connectivity index is 1.65. The van der Waals surface area contributed by atoms with Crippen molar-refractivity contribution in [2.75, 3.05) is 20.1 Å². The van der Waals surface area contributed by atoms with Crippen molar-refractivity contribution < 1.29 is 4.79 Å². The van der Waals surface area contributed by atoms with Gasteiger partial charge in [-0.2, -0.15) is 0 Å². The van der Waals surface area contributed by atoms with Crippen LogP contribution in [0.1, 0.15) is 18.4 Å². The smallest absolute Gasteiger partial charge is 0.244 e. The summed E-state index contributed by atoms with van der Waals surface area (Å²) in [6, 6.07) is 7.93. The molecule has 0 radical (unpaired) electrons. The molecule has 25 heavy (non-hydrogen) atoms. The molecule has 3 N–H and O–H groups in total. The molecular formula is C17H23ClN4OS2. The molecule has 0 aliphatic carbocycles. The normalized spacial score (nSPS) is 27.6. The lowest BCUT2D eigenvalue weighted by atomic mass is 9.78. The van der Waals surface area contributed by atoms with Gasteiger partial charge in [0.2, 0.25) is 5.91 Å². The molecule has 3 heterocycles. The summed E-state index contributed by atoms with van der Waals surface area (Å²) >= 11 is 12.8. The molecule has 1 aromatic carbocycles. The number of carbonyl (C=O) groups excluding carboxylic acids is 1. The van der Waals surface area contributed by atoms with E-state index in [9.17, 15) is 4.79 Å². The molecule has 3 fully saturated rings. The van der Waals surface area contributed by atoms with Gasteiger partial charge < -0.3 is 5.32 Å². The number of carbonyl (C=O) groups is 1. The third kappa shape index (κ3) is 4.58. The average Bonchev–Trinajstić information content (AvgIpc) is 2.65. The number of hydrogen-bond acceptors (Lipinski definition) is 4. The van der Waals surface area contributed by atoms with Crippen molar-refractivity contribution in [3.8, 4) is 0 Å². The zero-order valence-electron chi connectivity index (χ0n) is 14.1. The van der Waals surface area contributed by atoms with Gasteiger partial charge in [-0.1, -0.05) is 23.7 Å². The molecule has 136 valence electrons. The minimum atomic E-state index is -0.0213. The van der Waals surface area contributed by atoms with E-state index >= 15 is 0 Å². The molecule has 3 saturated heterocycles. The maximum Gasteiger partial charge on any atom is 0.244 e. The molecule has 0 aromatic heterocycles. The van der Waals surface area contributed by atoms with Crippen LogP contribution in [0.15, 0.2) is 24.3 Å². The van der Waals surface area contributed by atoms with E-state index in [0.29, 0.717) is 11.0 Å². The summed E-state index contributed by atoms with van der Waals surface area (Å²) in [7, 11) is 1.72. The van der Waals surface area contributed by atoms with Crippen molar-refractivity contribution in [1.82, 2.24) is 21.1 Å². The Hall–Kier alpha value is -1.02. The summed E-state index contributed by atoms with van der Waals surface area (Å²) in [5, 5.41) is 4.17. The van der Waals surface area contributed by atoms with Crippen molar-refractivity contribution in [2.24, 2.45) is 11.8 Å². The molecule has 1 amide bonds. The van der Waals surface area contributed by atoms with E-state index in [0.717, 1.165) is 36.7 Å². The van der Waals surface area contributed by atoms with Gasteiger partial charge in [0, 0.05) is 17.8 Å². The standard InChI is InChI=1S/C17H23ClN4OS2/c1-19-17(24)21-20-15(23)14-12-6-8-22(9-7-12)16(14)25-10-11-2-4-13(18)5-3-11/h2-5,12,14,16H,6-10H2,1H3,(H,20,23)(H2,19,21,24)/t14-,16+/m1/s1. The summed E-state index contributed by atoms with van der Waals surface area (Å²) in [5.41, 5.74) is 6.77. The monoisotopic (exact) mass is 398 g/mol. The molecule has 0 saturated carbocycles. The minimum absolute atomic E-state index is 0.0213. The molecular weight excluding hydrogens is 376 g/mol. The summed E-state index contributed by atoms with van der Waals surface area (Å²) in [4.78, 5) is 15.2. The van der Waals surface area contributed by atoms with Crippen LogP contribution in [0.2, 0.25) is 5.02 Å². The predicted octanol–water partition coefficient (Wildman–Crippen LogP) is 2.37. The third-order valence-electron chi connectivity index (χ3n) is 4.91. The summed E-state index contributed by atoms with van der Waals surface area (Å²) in [6.07, 6.45) is 2.18. The number of fused-ring (bicyclic) bond motifs is 3. The largest absolute Gasteiger partial charge is 0.364 e. The molecule has 2 bridgehead atoms. The number of rotatable bonds is 4. The number of piperidine rings is 3. The Kier molecular flexibility index (Phi) is 6.44. The van der Waals surface area contributed by atoms with E-state index in [4.69, 9.17) is 23.8 Å². The summed E-state index contributed by atoms with van der Waals surface area (Å²) < 4.78 is 0. The number of thiocarbonyl (C=S) groups is 1. The fraction of sp³-hybridized carbons (Fsp3) is 0.529. The number of halogens is 1. The van der Waals surface area contributed by atoms with Crippen LogP contribution in [-0.2, 0) is 10.5 Å². The molecule has 0 unspecified atom stereocenters. The van der Waals surface area contributed by atoms with Gasteiger partial charge in [-0.25, -0.2) is 0 Å². The zero-order valence-corrected chi connectivity index (χ0v) is 16.5. The number of benzene rings is 1. The molecule has 5 nitrogen and oxygen atoms in total. The minimum Gasteiger partial charge on any atom is -0.364 e. The Bertz CT molecular complexity index is 620. The number of thioether (sulfide) groups is 1. The predicted molar refractivity (Wildman–Crippen MR) is 107 cm³/mol. The third-order valence-corrected chi connectivity index (χ3v) is 6.90. The van der Waals surface area contributed by atoms with Crippen LogP contribution in [0.5, 0.6) is 0 Å². The second kappa shape index (κ2) is 8.58. The van der Waals surface area contributed by atoms with Gasteiger partial charge in [0.1, 0.15) is 0 Å². The molecule has 2 atom stereocenters.